The van der Waals surface area contributed by atoms with Crippen molar-refractivity contribution in [3.63, 3.8) is 0 Å². The summed E-state index contributed by atoms with van der Waals surface area (Å²) < 4.78 is 0. The van der Waals surface area contributed by atoms with Crippen LogP contribution in [0.4, 0.5) is 0 Å². The highest BCUT2D eigenvalue weighted by Gasteiger charge is 2.29. The average Bonchev–Trinajstić information content (AvgIpc) is 2.45. The van der Waals surface area contributed by atoms with Gasteiger partial charge in [-0.15, -0.1) is 0 Å². The van der Waals surface area contributed by atoms with Crippen LogP contribution in [-0.4, -0.2) is 28.3 Å². The van der Waals surface area contributed by atoms with E-state index in [2.05, 4.69) is 5.32 Å². The Hall–Kier alpha value is -1.81. The number of carbonyl (C=O) groups is 1. The maximum absolute atomic E-state index is 11.7. The van der Waals surface area contributed by atoms with E-state index in [1.165, 1.54) is 6.08 Å². The van der Waals surface area contributed by atoms with Crippen molar-refractivity contribution in [2.75, 3.05) is 6.54 Å². The molecule has 1 amide bonds. The summed E-state index contributed by atoms with van der Waals surface area (Å²) in [6.07, 6.45) is 7.85. The molecule has 1 saturated carbocycles. The highest BCUT2D eigenvalue weighted by molar-refractivity contribution is 5.91. The minimum Gasteiger partial charge on any atom is -0.508 e. The fourth-order valence-electron chi connectivity index (χ4n) is 2.45. The molecule has 1 fully saturated rings. The van der Waals surface area contributed by atoms with E-state index < -0.39 is 5.60 Å². The molecular weight excluding hydrogens is 254 g/mol. The summed E-state index contributed by atoms with van der Waals surface area (Å²) >= 11 is 0. The first-order chi connectivity index (χ1) is 9.57. The zero-order chi connectivity index (χ0) is 14.4. The van der Waals surface area contributed by atoms with Gasteiger partial charge in [0.1, 0.15) is 5.75 Å². The molecule has 1 aliphatic rings. The van der Waals surface area contributed by atoms with Gasteiger partial charge in [-0.2, -0.15) is 0 Å². The van der Waals surface area contributed by atoms with Gasteiger partial charge in [0.05, 0.1) is 5.60 Å². The lowest BCUT2D eigenvalue weighted by atomic mass is 9.85. The highest BCUT2D eigenvalue weighted by Crippen LogP contribution is 2.27. The minimum absolute atomic E-state index is 0.200. The number of phenolic OH excluding ortho intramolecular Hbond substituents is 1. The molecule has 1 aliphatic carbocycles. The molecule has 0 atom stereocenters. The van der Waals surface area contributed by atoms with E-state index >= 15 is 0 Å². The third kappa shape index (κ3) is 4.38. The molecule has 0 spiro atoms. The molecule has 1 aromatic carbocycles. The first-order valence-electron chi connectivity index (χ1n) is 7.05. The first-order valence-corrected chi connectivity index (χ1v) is 7.05. The van der Waals surface area contributed by atoms with Crippen LogP contribution in [0.2, 0.25) is 0 Å². The van der Waals surface area contributed by atoms with Gasteiger partial charge in [-0.1, -0.05) is 31.4 Å². The van der Waals surface area contributed by atoms with Gasteiger partial charge in [0.2, 0.25) is 5.91 Å². The van der Waals surface area contributed by atoms with Crippen molar-refractivity contribution in [2.24, 2.45) is 0 Å². The summed E-state index contributed by atoms with van der Waals surface area (Å²) in [5.74, 6) is -0.0109. The zero-order valence-corrected chi connectivity index (χ0v) is 11.5. The number of rotatable bonds is 4. The summed E-state index contributed by atoms with van der Waals surface area (Å²) in [5, 5.41) is 22.2. The van der Waals surface area contributed by atoms with Gasteiger partial charge in [0, 0.05) is 12.6 Å². The van der Waals surface area contributed by atoms with Gasteiger partial charge in [0.15, 0.2) is 0 Å². The first kappa shape index (κ1) is 14.6. The normalized spacial score (nSPS) is 18.1. The van der Waals surface area contributed by atoms with Crippen molar-refractivity contribution in [3.05, 3.63) is 35.9 Å². The monoisotopic (exact) mass is 275 g/mol. The zero-order valence-electron chi connectivity index (χ0n) is 11.5. The van der Waals surface area contributed by atoms with Gasteiger partial charge in [0.25, 0.3) is 0 Å². The standard InChI is InChI=1S/C16H21NO3/c18-14-7-4-13(5-8-14)6-9-15(19)17-12-16(20)10-2-1-3-11-16/h4-9,18,20H,1-3,10-12H2,(H,17,19). The Morgan fingerprint density at radius 2 is 1.85 bits per heavy atom. The number of carbonyl (C=O) groups excluding carboxylic acids is 1. The molecule has 4 nitrogen and oxygen atoms in total. The summed E-state index contributed by atoms with van der Waals surface area (Å²) in [4.78, 5) is 11.7. The number of nitrogens with one attached hydrogen (secondary N) is 1. The molecule has 0 aromatic heterocycles. The predicted octanol–water partition coefficient (Wildman–Crippen LogP) is 2.22. The van der Waals surface area contributed by atoms with Crippen LogP contribution in [0.5, 0.6) is 5.75 Å². The van der Waals surface area contributed by atoms with Crippen LogP contribution in [0, 0.1) is 0 Å². The second kappa shape index (κ2) is 6.57. The fourth-order valence-corrected chi connectivity index (χ4v) is 2.45. The summed E-state index contributed by atoms with van der Waals surface area (Å²) in [7, 11) is 0. The van der Waals surface area contributed by atoms with Crippen LogP contribution in [0.3, 0.4) is 0 Å². The van der Waals surface area contributed by atoms with Crippen molar-refractivity contribution in [2.45, 2.75) is 37.7 Å². The van der Waals surface area contributed by atoms with Crippen LogP contribution >= 0.6 is 0 Å². The summed E-state index contributed by atoms with van der Waals surface area (Å²) in [6, 6.07) is 6.60. The average molecular weight is 275 g/mol. The van der Waals surface area contributed by atoms with E-state index in [-0.39, 0.29) is 11.7 Å². The molecular formula is C16H21NO3. The van der Waals surface area contributed by atoms with Crippen LogP contribution in [-0.2, 0) is 4.79 Å². The van der Waals surface area contributed by atoms with Crippen LogP contribution in [0.25, 0.3) is 6.08 Å². The highest BCUT2D eigenvalue weighted by atomic mass is 16.3. The Kier molecular flexibility index (Phi) is 4.79. The molecule has 4 heteroatoms. The molecule has 108 valence electrons. The molecule has 3 N–H and O–H groups in total. The summed E-state index contributed by atoms with van der Waals surface area (Å²) in [6.45, 7) is 0.311. The Balaban J connectivity index is 1.81. The second-order valence-corrected chi connectivity index (χ2v) is 5.43. The van der Waals surface area contributed by atoms with Crippen LogP contribution in [0.15, 0.2) is 30.3 Å². The van der Waals surface area contributed by atoms with Gasteiger partial charge in [-0.25, -0.2) is 0 Å². The van der Waals surface area contributed by atoms with Gasteiger partial charge >= 0.3 is 0 Å². The molecule has 0 heterocycles. The molecule has 0 aliphatic heterocycles. The van der Waals surface area contributed by atoms with E-state index in [1.54, 1.807) is 30.3 Å². The van der Waals surface area contributed by atoms with Gasteiger partial charge in [-0.3, -0.25) is 4.79 Å². The largest absolute Gasteiger partial charge is 0.508 e. The third-order valence-electron chi connectivity index (χ3n) is 3.70. The number of aliphatic hydroxyl groups is 1. The number of benzene rings is 1. The fraction of sp³-hybridized carbons (Fsp3) is 0.438. The Morgan fingerprint density at radius 3 is 2.50 bits per heavy atom. The molecule has 0 unspecified atom stereocenters. The number of aromatic hydroxyl groups is 1. The van der Waals surface area contributed by atoms with Gasteiger partial charge in [-0.05, 0) is 36.6 Å². The lowest BCUT2D eigenvalue weighted by Gasteiger charge is -2.31. The maximum Gasteiger partial charge on any atom is 0.244 e. The molecule has 20 heavy (non-hydrogen) atoms. The second-order valence-electron chi connectivity index (χ2n) is 5.43. The smallest absolute Gasteiger partial charge is 0.244 e. The van der Waals surface area contributed by atoms with E-state index in [1.807, 2.05) is 0 Å². The molecule has 0 radical (unpaired) electrons. The van der Waals surface area contributed by atoms with E-state index in [0.29, 0.717) is 6.54 Å². The van der Waals surface area contributed by atoms with E-state index in [0.717, 1.165) is 37.7 Å². The molecule has 0 bridgehead atoms. The Bertz CT molecular complexity index is 473. The van der Waals surface area contributed by atoms with Crippen molar-refractivity contribution in [1.29, 1.82) is 0 Å². The topological polar surface area (TPSA) is 69.6 Å². The van der Waals surface area contributed by atoms with Crippen molar-refractivity contribution >= 4 is 12.0 Å². The maximum atomic E-state index is 11.7. The van der Waals surface area contributed by atoms with E-state index in [4.69, 9.17) is 5.11 Å². The quantitative estimate of drug-likeness (QED) is 0.738. The summed E-state index contributed by atoms with van der Waals surface area (Å²) in [5.41, 5.74) is 0.106. The lowest BCUT2D eigenvalue weighted by Crippen LogP contribution is -2.43. The number of phenols is 1. The lowest BCUT2D eigenvalue weighted by molar-refractivity contribution is -0.118. The number of hydrogen-bond donors (Lipinski definition) is 3. The SMILES string of the molecule is O=C(C=Cc1ccc(O)cc1)NCC1(O)CCCCC1. The van der Waals surface area contributed by atoms with Crippen molar-refractivity contribution in [1.82, 2.24) is 5.32 Å². The van der Waals surface area contributed by atoms with Crippen LogP contribution < -0.4 is 5.32 Å². The van der Waals surface area contributed by atoms with Gasteiger partial charge < -0.3 is 15.5 Å². The minimum atomic E-state index is -0.736. The Morgan fingerprint density at radius 1 is 1.20 bits per heavy atom. The van der Waals surface area contributed by atoms with Crippen molar-refractivity contribution < 1.29 is 15.0 Å². The van der Waals surface area contributed by atoms with Crippen molar-refractivity contribution in [3.8, 4) is 5.75 Å². The third-order valence-corrected chi connectivity index (χ3v) is 3.70. The van der Waals surface area contributed by atoms with Crippen LogP contribution in [0.1, 0.15) is 37.7 Å². The molecule has 2 rings (SSSR count). The number of amides is 1. The van der Waals surface area contributed by atoms with E-state index in [9.17, 15) is 9.90 Å². The predicted molar refractivity (Wildman–Crippen MR) is 78.2 cm³/mol. The number of hydrogen-bond acceptors (Lipinski definition) is 3. The molecule has 0 saturated heterocycles. The molecule has 1 aromatic rings. The Labute approximate surface area is 119 Å².